The lowest BCUT2D eigenvalue weighted by Gasteiger charge is -2.26. The molecule has 2 atom stereocenters. The van der Waals surface area contributed by atoms with Crippen molar-refractivity contribution in [2.45, 2.75) is 216 Å². The molecule has 0 aromatic rings. The molecule has 0 aliphatic carbocycles. The van der Waals surface area contributed by atoms with Crippen LogP contribution in [0, 0.1) is 17.8 Å². The average molecular weight is 799 g/mol. The van der Waals surface area contributed by atoms with Crippen LogP contribution in [0.2, 0.25) is 0 Å². The largest absolute Gasteiger partial charge is 0.462 e. The van der Waals surface area contributed by atoms with Gasteiger partial charge in [-0.25, -0.2) is 0 Å². The number of ketones is 1. The summed E-state index contributed by atoms with van der Waals surface area (Å²) in [4.78, 5) is 88.3. The third-order valence-electron chi connectivity index (χ3n) is 8.49. The summed E-state index contributed by atoms with van der Waals surface area (Å²) in [7, 11) is 0. The number of carbonyl (C=O) groups is 7. The van der Waals surface area contributed by atoms with E-state index in [1.54, 1.807) is 96.9 Å². The Morgan fingerprint density at radius 2 is 0.589 bits per heavy atom. The Kier molecular flexibility index (Phi) is 22.2. The van der Waals surface area contributed by atoms with Crippen LogP contribution in [0.25, 0.3) is 0 Å². The molecule has 0 amide bonds. The van der Waals surface area contributed by atoms with Gasteiger partial charge in [-0.1, -0.05) is 0 Å². The molecule has 0 aliphatic rings. The third-order valence-corrected chi connectivity index (χ3v) is 8.49. The number of carbonyl (C=O) groups excluding carboxylic acids is 7. The summed E-state index contributed by atoms with van der Waals surface area (Å²) in [6.45, 7) is 26.1. The third kappa shape index (κ3) is 28.0. The predicted molar refractivity (Wildman–Crippen MR) is 211 cm³/mol. The van der Waals surface area contributed by atoms with Crippen molar-refractivity contribution in [2.24, 2.45) is 17.8 Å². The molecule has 0 heterocycles. The van der Waals surface area contributed by atoms with Crippen molar-refractivity contribution in [1.29, 1.82) is 0 Å². The fourth-order valence-electron chi connectivity index (χ4n) is 5.87. The van der Waals surface area contributed by atoms with Crippen LogP contribution in [0.15, 0.2) is 0 Å². The first-order chi connectivity index (χ1) is 25.4. The van der Waals surface area contributed by atoms with Crippen LogP contribution in [0.1, 0.15) is 181 Å². The van der Waals surface area contributed by atoms with Gasteiger partial charge >= 0.3 is 35.8 Å². The molecule has 0 bridgehead atoms. The minimum atomic E-state index is -0.654. The van der Waals surface area contributed by atoms with Crippen molar-refractivity contribution in [3.05, 3.63) is 0 Å². The summed E-state index contributed by atoms with van der Waals surface area (Å²) in [5, 5.41) is 0. The summed E-state index contributed by atoms with van der Waals surface area (Å²) in [5.41, 5.74) is -2.62. The number of esters is 6. The monoisotopic (exact) mass is 799 g/mol. The van der Waals surface area contributed by atoms with Crippen molar-refractivity contribution in [3.63, 3.8) is 0 Å². The maximum absolute atomic E-state index is 13.0. The van der Waals surface area contributed by atoms with Gasteiger partial charge in [0.05, 0.1) is 0 Å². The summed E-state index contributed by atoms with van der Waals surface area (Å²) >= 11 is 0. The van der Waals surface area contributed by atoms with Crippen LogP contribution < -0.4 is 0 Å². The van der Waals surface area contributed by atoms with Crippen molar-refractivity contribution < 1.29 is 62.0 Å². The second-order valence-electron chi connectivity index (χ2n) is 18.8. The molecule has 2 unspecified atom stereocenters. The molecule has 13 nitrogen and oxygen atoms in total. The minimum Gasteiger partial charge on any atom is -0.462 e. The SMILES string of the molecule is CC(=O)C(CCC(=O)OC(C)C(CCC(=O)OC(C)(C)C)CCC(=O)OC(C)(C)C)CCC(=O)OC(C)C(CCC(=O)OC(C)(C)C)CCC(=O)OC(C)(C)C. The number of hydrogen-bond donors (Lipinski definition) is 0. The van der Waals surface area contributed by atoms with E-state index >= 15 is 0 Å². The molecule has 0 radical (unpaired) electrons. The molecule has 0 saturated heterocycles. The first kappa shape index (κ1) is 52.5. The second kappa shape index (κ2) is 23.7. The van der Waals surface area contributed by atoms with Crippen molar-refractivity contribution in [3.8, 4) is 0 Å². The predicted octanol–water partition coefficient (Wildman–Crippen LogP) is 8.34. The maximum atomic E-state index is 13.0. The Bertz CT molecular complexity index is 1130. The molecule has 0 saturated carbocycles. The van der Waals surface area contributed by atoms with E-state index in [0.717, 1.165) is 0 Å². The van der Waals surface area contributed by atoms with Gasteiger partial charge in [-0.3, -0.25) is 33.6 Å². The smallest absolute Gasteiger partial charge is 0.306 e. The molecule has 56 heavy (non-hydrogen) atoms. The van der Waals surface area contributed by atoms with Crippen LogP contribution in [-0.2, 0) is 62.0 Å². The van der Waals surface area contributed by atoms with Gasteiger partial charge in [0.25, 0.3) is 0 Å². The van der Waals surface area contributed by atoms with Crippen LogP contribution >= 0.6 is 0 Å². The second-order valence-corrected chi connectivity index (χ2v) is 18.8. The summed E-state index contributed by atoms with van der Waals surface area (Å²) in [6, 6.07) is 0. The lowest BCUT2D eigenvalue weighted by molar-refractivity contribution is -0.159. The van der Waals surface area contributed by atoms with Gasteiger partial charge in [-0.05, 0) is 154 Å². The Balaban J connectivity index is 5.41. The highest BCUT2D eigenvalue weighted by molar-refractivity contribution is 5.80. The van der Waals surface area contributed by atoms with Gasteiger partial charge in [-0.2, -0.15) is 0 Å². The molecule has 13 heteroatoms. The quantitative estimate of drug-likeness (QED) is 0.0713. The lowest BCUT2D eigenvalue weighted by atomic mass is 9.91. The zero-order valence-corrected chi connectivity index (χ0v) is 37.2. The standard InChI is InChI=1S/C43H74O13/c1-28(44)31(16-22-34(45)51-29(2)32(18-24-36(47)53-40(4,5)6)19-25-37(48)54-41(7,8)9)17-23-35(46)52-30(3)33(20-26-38(49)55-42(10,11)12)21-27-39(50)56-43(13,14)15/h29-33H,16-27H2,1-15H3. The highest BCUT2D eigenvalue weighted by atomic mass is 16.6. The van der Waals surface area contributed by atoms with Crippen LogP contribution in [0.4, 0.5) is 0 Å². The molecule has 0 spiro atoms. The highest BCUT2D eigenvalue weighted by Gasteiger charge is 2.29. The first-order valence-corrected chi connectivity index (χ1v) is 20.1. The normalized spacial score (nSPS) is 14.0. The summed E-state index contributed by atoms with van der Waals surface area (Å²) in [6.07, 6.45) is 0.467. The van der Waals surface area contributed by atoms with Gasteiger partial charge in [0.1, 0.15) is 40.4 Å². The Hall–Kier alpha value is -3.51. The molecule has 0 rings (SSSR count). The van der Waals surface area contributed by atoms with Crippen molar-refractivity contribution >= 4 is 41.6 Å². The lowest BCUT2D eigenvalue weighted by Crippen LogP contribution is -2.29. The fraction of sp³-hybridized carbons (Fsp3) is 0.837. The summed E-state index contributed by atoms with van der Waals surface area (Å²) < 4.78 is 33.2. The molecule has 0 N–H and O–H groups in total. The van der Waals surface area contributed by atoms with E-state index in [4.69, 9.17) is 28.4 Å². The van der Waals surface area contributed by atoms with E-state index in [9.17, 15) is 33.6 Å². The number of hydrogen-bond acceptors (Lipinski definition) is 13. The molecule has 0 fully saturated rings. The Morgan fingerprint density at radius 3 is 0.786 bits per heavy atom. The molecular weight excluding hydrogens is 724 g/mol. The topological polar surface area (TPSA) is 175 Å². The van der Waals surface area contributed by atoms with Gasteiger partial charge in [0.2, 0.25) is 0 Å². The molecular formula is C43H74O13. The van der Waals surface area contributed by atoms with Gasteiger partial charge in [0, 0.05) is 44.4 Å². The average Bonchev–Trinajstić information content (AvgIpc) is 2.97. The maximum Gasteiger partial charge on any atom is 0.306 e. The van der Waals surface area contributed by atoms with Crippen LogP contribution in [0.3, 0.4) is 0 Å². The molecule has 0 aromatic carbocycles. The van der Waals surface area contributed by atoms with E-state index < -0.39 is 76.3 Å². The zero-order valence-electron chi connectivity index (χ0n) is 37.2. The molecule has 0 aromatic heterocycles. The summed E-state index contributed by atoms with van der Waals surface area (Å²) in [5.74, 6) is -4.14. The Labute approximate surface area is 336 Å². The van der Waals surface area contributed by atoms with Gasteiger partial charge in [-0.15, -0.1) is 0 Å². The van der Waals surface area contributed by atoms with E-state index in [2.05, 4.69) is 0 Å². The van der Waals surface area contributed by atoms with Crippen molar-refractivity contribution in [1.82, 2.24) is 0 Å². The number of rotatable bonds is 23. The number of ether oxygens (including phenoxy) is 6. The fourth-order valence-corrected chi connectivity index (χ4v) is 5.87. The number of Topliss-reactive ketones (excluding diaryl/α,β-unsaturated/α-hetero) is 1. The van der Waals surface area contributed by atoms with E-state index in [1.165, 1.54) is 6.92 Å². The minimum absolute atomic E-state index is 0.0769. The van der Waals surface area contributed by atoms with E-state index in [1.807, 2.05) is 0 Å². The Morgan fingerprint density at radius 1 is 0.375 bits per heavy atom. The van der Waals surface area contributed by atoms with Crippen LogP contribution in [0.5, 0.6) is 0 Å². The van der Waals surface area contributed by atoms with E-state index in [0.29, 0.717) is 25.7 Å². The van der Waals surface area contributed by atoms with E-state index in [-0.39, 0.29) is 69.0 Å². The molecule has 0 aliphatic heterocycles. The molecule has 324 valence electrons. The highest BCUT2D eigenvalue weighted by Crippen LogP contribution is 2.26. The zero-order chi connectivity index (χ0) is 43.7. The van der Waals surface area contributed by atoms with Crippen LogP contribution in [-0.4, -0.2) is 76.2 Å². The first-order valence-electron chi connectivity index (χ1n) is 20.1. The van der Waals surface area contributed by atoms with Crippen molar-refractivity contribution in [2.75, 3.05) is 0 Å². The van der Waals surface area contributed by atoms with Gasteiger partial charge < -0.3 is 28.4 Å². The van der Waals surface area contributed by atoms with Gasteiger partial charge in [0.15, 0.2) is 0 Å².